The zero-order valence-electron chi connectivity index (χ0n) is 8.23. The Morgan fingerprint density at radius 1 is 1.00 bits per heavy atom. The van der Waals surface area contributed by atoms with Gasteiger partial charge in [-0.3, -0.25) is 4.79 Å². The van der Waals surface area contributed by atoms with Crippen LogP contribution in [0.1, 0.15) is 15.9 Å². The lowest BCUT2D eigenvalue weighted by Gasteiger charge is -2.12. The maximum Gasteiger partial charge on any atom is 0.185 e. The molecular weight excluding hydrogens is 184 g/mol. The zero-order chi connectivity index (χ0) is 10.3. The lowest BCUT2D eigenvalue weighted by Crippen LogP contribution is -2.05. The minimum Gasteiger partial charge on any atom is -0.289 e. The van der Waals surface area contributed by atoms with Gasteiger partial charge < -0.3 is 0 Å². The average Bonchev–Trinajstić information content (AvgIpc) is 2.29. The first-order valence-corrected chi connectivity index (χ1v) is 5.08. The van der Waals surface area contributed by atoms with Gasteiger partial charge in [0.1, 0.15) is 0 Å². The van der Waals surface area contributed by atoms with Crippen LogP contribution >= 0.6 is 0 Å². The number of benzene rings is 2. The van der Waals surface area contributed by atoms with Gasteiger partial charge in [0.2, 0.25) is 0 Å². The van der Waals surface area contributed by atoms with Gasteiger partial charge in [0.15, 0.2) is 5.78 Å². The number of allylic oxidation sites excluding steroid dienone is 2. The number of ketones is 1. The summed E-state index contributed by atoms with van der Waals surface area (Å²) in [5.74, 6) is 0.127. The molecule has 0 aromatic heterocycles. The van der Waals surface area contributed by atoms with E-state index in [4.69, 9.17) is 0 Å². The van der Waals surface area contributed by atoms with Gasteiger partial charge in [0, 0.05) is 5.56 Å². The van der Waals surface area contributed by atoms with E-state index in [-0.39, 0.29) is 5.78 Å². The Labute approximate surface area is 88.0 Å². The Bertz CT molecular complexity index is 579. The average molecular weight is 194 g/mol. The van der Waals surface area contributed by atoms with E-state index in [0.29, 0.717) is 0 Å². The smallest absolute Gasteiger partial charge is 0.185 e. The van der Waals surface area contributed by atoms with Crippen molar-refractivity contribution in [1.82, 2.24) is 0 Å². The zero-order valence-corrected chi connectivity index (χ0v) is 8.23. The van der Waals surface area contributed by atoms with Crippen molar-refractivity contribution < 1.29 is 4.79 Å². The van der Waals surface area contributed by atoms with Crippen molar-refractivity contribution in [2.45, 2.75) is 6.42 Å². The third kappa shape index (κ3) is 1.20. The van der Waals surface area contributed by atoms with Crippen molar-refractivity contribution in [3.8, 4) is 0 Å². The first-order valence-electron chi connectivity index (χ1n) is 5.08. The summed E-state index contributed by atoms with van der Waals surface area (Å²) in [6.07, 6.45) is 4.47. The van der Waals surface area contributed by atoms with Gasteiger partial charge in [-0.2, -0.15) is 0 Å². The summed E-state index contributed by atoms with van der Waals surface area (Å²) < 4.78 is 0. The molecule has 1 aliphatic rings. The fraction of sp³-hybridized carbons (Fsp3) is 0.0714. The fourth-order valence-electron chi connectivity index (χ4n) is 2.16. The summed E-state index contributed by atoms with van der Waals surface area (Å²) in [6, 6.07) is 12.2. The van der Waals surface area contributed by atoms with Crippen LogP contribution in [0.15, 0.2) is 48.6 Å². The van der Waals surface area contributed by atoms with Crippen molar-refractivity contribution in [2.24, 2.45) is 0 Å². The number of hydrogen-bond acceptors (Lipinski definition) is 1. The predicted molar refractivity (Wildman–Crippen MR) is 61.1 cm³/mol. The summed E-state index contributed by atoms with van der Waals surface area (Å²) in [7, 11) is 0. The molecule has 0 aliphatic heterocycles. The molecule has 1 nitrogen and oxygen atoms in total. The molecule has 72 valence electrons. The van der Waals surface area contributed by atoms with Crippen LogP contribution in [0.3, 0.4) is 0 Å². The van der Waals surface area contributed by atoms with E-state index in [2.05, 4.69) is 12.1 Å². The SMILES string of the molecule is O=C1C=CCc2c1ccc1ccccc21. The second kappa shape index (κ2) is 3.06. The maximum absolute atomic E-state index is 11.6. The molecular formula is C14H10O. The highest BCUT2D eigenvalue weighted by Crippen LogP contribution is 2.26. The summed E-state index contributed by atoms with van der Waals surface area (Å²) >= 11 is 0. The number of carbonyl (C=O) groups excluding carboxylic acids is 1. The Morgan fingerprint density at radius 2 is 1.87 bits per heavy atom. The maximum atomic E-state index is 11.6. The molecule has 15 heavy (non-hydrogen) atoms. The van der Waals surface area contributed by atoms with Gasteiger partial charge in [-0.25, -0.2) is 0 Å². The van der Waals surface area contributed by atoms with Gasteiger partial charge in [0.05, 0.1) is 0 Å². The molecule has 0 atom stereocenters. The van der Waals surface area contributed by atoms with E-state index in [9.17, 15) is 4.79 Å². The van der Waals surface area contributed by atoms with Gasteiger partial charge in [-0.1, -0.05) is 42.5 Å². The van der Waals surface area contributed by atoms with E-state index in [1.807, 2.05) is 30.3 Å². The summed E-state index contributed by atoms with van der Waals surface area (Å²) in [4.78, 5) is 11.6. The van der Waals surface area contributed by atoms with Gasteiger partial charge in [0.25, 0.3) is 0 Å². The molecule has 0 unspecified atom stereocenters. The van der Waals surface area contributed by atoms with Crippen LogP contribution in [0.25, 0.3) is 10.8 Å². The van der Waals surface area contributed by atoms with Crippen molar-refractivity contribution in [3.05, 3.63) is 59.7 Å². The minimum atomic E-state index is 0.127. The van der Waals surface area contributed by atoms with Crippen LogP contribution in [0, 0.1) is 0 Å². The molecule has 0 saturated carbocycles. The van der Waals surface area contributed by atoms with Crippen LogP contribution in [-0.2, 0) is 6.42 Å². The molecule has 2 aromatic rings. The topological polar surface area (TPSA) is 17.1 Å². The van der Waals surface area contributed by atoms with Gasteiger partial charge >= 0.3 is 0 Å². The Balaban J connectivity index is 2.41. The molecule has 1 aliphatic carbocycles. The third-order valence-electron chi connectivity index (χ3n) is 2.90. The molecule has 3 rings (SSSR count). The van der Waals surface area contributed by atoms with Crippen molar-refractivity contribution in [3.63, 3.8) is 0 Å². The van der Waals surface area contributed by atoms with Crippen LogP contribution < -0.4 is 0 Å². The van der Waals surface area contributed by atoms with E-state index >= 15 is 0 Å². The first kappa shape index (κ1) is 8.42. The van der Waals surface area contributed by atoms with Crippen LogP contribution in [0.5, 0.6) is 0 Å². The highest BCUT2D eigenvalue weighted by Gasteiger charge is 2.14. The fourth-order valence-corrected chi connectivity index (χ4v) is 2.16. The van der Waals surface area contributed by atoms with E-state index in [0.717, 1.165) is 12.0 Å². The van der Waals surface area contributed by atoms with Gasteiger partial charge in [-0.05, 0) is 28.8 Å². The number of carbonyl (C=O) groups is 1. The second-order valence-corrected chi connectivity index (χ2v) is 3.78. The largest absolute Gasteiger partial charge is 0.289 e. The lowest BCUT2D eigenvalue weighted by atomic mass is 9.91. The molecule has 0 heterocycles. The Kier molecular flexibility index (Phi) is 1.72. The van der Waals surface area contributed by atoms with E-state index < -0.39 is 0 Å². The molecule has 0 N–H and O–H groups in total. The van der Waals surface area contributed by atoms with Crippen molar-refractivity contribution >= 4 is 16.6 Å². The standard InChI is InChI=1S/C14H10O/c15-14-7-3-6-12-11-5-2-1-4-10(11)8-9-13(12)14/h1-5,7-9H,6H2. The highest BCUT2D eigenvalue weighted by atomic mass is 16.1. The van der Waals surface area contributed by atoms with E-state index in [1.165, 1.54) is 16.3 Å². The van der Waals surface area contributed by atoms with Crippen LogP contribution in [-0.4, -0.2) is 5.78 Å². The highest BCUT2D eigenvalue weighted by molar-refractivity contribution is 6.10. The number of hydrogen-bond donors (Lipinski definition) is 0. The molecule has 0 fully saturated rings. The molecule has 2 aromatic carbocycles. The number of fused-ring (bicyclic) bond motifs is 3. The normalized spacial score (nSPS) is 14.3. The summed E-state index contributed by atoms with van der Waals surface area (Å²) in [6.45, 7) is 0. The quantitative estimate of drug-likeness (QED) is 0.629. The molecule has 0 spiro atoms. The second-order valence-electron chi connectivity index (χ2n) is 3.78. The summed E-state index contributed by atoms with van der Waals surface area (Å²) in [5.41, 5.74) is 2.02. The van der Waals surface area contributed by atoms with Crippen molar-refractivity contribution in [2.75, 3.05) is 0 Å². The number of rotatable bonds is 0. The van der Waals surface area contributed by atoms with Gasteiger partial charge in [-0.15, -0.1) is 0 Å². The van der Waals surface area contributed by atoms with E-state index in [1.54, 1.807) is 6.08 Å². The van der Waals surface area contributed by atoms with Crippen LogP contribution in [0.2, 0.25) is 0 Å². The predicted octanol–water partition coefficient (Wildman–Crippen LogP) is 3.13. The van der Waals surface area contributed by atoms with Crippen molar-refractivity contribution in [1.29, 1.82) is 0 Å². The lowest BCUT2D eigenvalue weighted by molar-refractivity contribution is 0.104. The van der Waals surface area contributed by atoms with Crippen LogP contribution in [0.4, 0.5) is 0 Å². The third-order valence-corrected chi connectivity index (χ3v) is 2.90. The minimum absolute atomic E-state index is 0.127. The monoisotopic (exact) mass is 194 g/mol. The first-order chi connectivity index (χ1) is 7.36. The summed E-state index contributed by atoms with van der Waals surface area (Å²) in [5, 5.41) is 2.41. The molecule has 0 amide bonds. The molecule has 1 heteroatoms. The Hall–Kier alpha value is -1.89. The molecule has 0 saturated heterocycles. The Morgan fingerprint density at radius 3 is 2.80 bits per heavy atom. The molecule has 0 radical (unpaired) electrons. The molecule has 0 bridgehead atoms.